The van der Waals surface area contributed by atoms with Crippen molar-refractivity contribution < 1.29 is 9.90 Å². The fraction of sp³-hybridized carbons (Fsp3) is 0.353. The molecule has 1 fully saturated rings. The molecule has 3 nitrogen and oxygen atoms in total. The molecule has 1 aliphatic carbocycles. The van der Waals surface area contributed by atoms with E-state index in [1.807, 2.05) is 30.3 Å². The number of carbonyl (C=O) groups is 1. The Kier molecular flexibility index (Phi) is 5.13. The SMILES string of the molecule is NC1CCCCC1.O=C(O)c1cccc2ccccc12. The van der Waals surface area contributed by atoms with Crippen LogP contribution < -0.4 is 5.73 Å². The number of carboxylic acid groups (broad SMARTS) is 1. The lowest BCUT2D eigenvalue weighted by molar-refractivity contribution is 0.0699. The topological polar surface area (TPSA) is 63.3 Å². The van der Waals surface area contributed by atoms with Crippen molar-refractivity contribution in [2.45, 2.75) is 38.1 Å². The Balaban J connectivity index is 0.000000178. The summed E-state index contributed by atoms with van der Waals surface area (Å²) < 4.78 is 0. The first-order chi connectivity index (χ1) is 9.68. The minimum absolute atomic E-state index is 0.359. The summed E-state index contributed by atoms with van der Waals surface area (Å²) in [6.45, 7) is 0. The summed E-state index contributed by atoms with van der Waals surface area (Å²) in [5.41, 5.74) is 5.99. The zero-order chi connectivity index (χ0) is 14.4. The van der Waals surface area contributed by atoms with Gasteiger partial charge in [0.25, 0.3) is 0 Å². The van der Waals surface area contributed by atoms with Crippen molar-refractivity contribution in [3.8, 4) is 0 Å². The quantitative estimate of drug-likeness (QED) is 0.828. The van der Waals surface area contributed by atoms with E-state index in [-0.39, 0.29) is 0 Å². The van der Waals surface area contributed by atoms with Crippen LogP contribution in [0.5, 0.6) is 0 Å². The first-order valence-corrected chi connectivity index (χ1v) is 7.15. The van der Waals surface area contributed by atoms with Crippen molar-refractivity contribution in [3.63, 3.8) is 0 Å². The van der Waals surface area contributed by atoms with Crippen molar-refractivity contribution in [1.82, 2.24) is 0 Å². The van der Waals surface area contributed by atoms with Crippen molar-refractivity contribution in [2.24, 2.45) is 5.73 Å². The van der Waals surface area contributed by atoms with Crippen molar-refractivity contribution >= 4 is 16.7 Å². The van der Waals surface area contributed by atoms with Gasteiger partial charge in [0, 0.05) is 6.04 Å². The minimum atomic E-state index is -0.878. The lowest BCUT2D eigenvalue weighted by Crippen LogP contribution is -2.22. The number of nitrogens with two attached hydrogens (primary N) is 1. The highest BCUT2D eigenvalue weighted by molar-refractivity contribution is 6.03. The molecule has 0 saturated heterocycles. The van der Waals surface area contributed by atoms with Gasteiger partial charge in [0.1, 0.15) is 0 Å². The van der Waals surface area contributed by atoms with Crippen LogP contribution in [0.1, 0.15) is 42.5 Å². The van der Waals surface area contributed by atoms with Gasteiger partial charge >= 0.3 is 5.97 Å². The number of carboxylic acids is 1. The zero-order valence-corrected chi connectivity index (χ0v) is 11.6. The fourth-order valence-electron chi connectivity index (χ4n) is 2.55. The van der Waals surface area contributed by atoms with Crippen LogP contribution in [0.15, 0.2) is 42.5 Å². The lowest BCUT2D eigenvalue weighted by Gasteiger charge is -2.15. The summed E-state index contributed by atoms with van der Waals surface area (Å²) >= 11 is 0. The van der Waals surface area contributed by atoms with Crippen LogP contribution in [0.2, 0.25) is 0 Å². The lowest BCUT2D eigenvalue weighted by atomic mass is 9.97. The molecule has 106 valence electrons. The molecule has 0 aromatic heterocycles. The van der Waals surface area contributed by atoms with Gasteiger partial charge in [0.2, 0.25) is 0 Å². The van der Waals surface area contributed by atoms with Crippen LogP contribution in [0, 0.1) is 0 Å². The number of rotatable bonds is 1. The molecule has 0 heterocycles. The van der Waals surface area contributed by atoms with Gasteiger partial charge in [-0.3, -0.25) is 0 Å². The molecule has 2 aromatic carbocycles. The third-order valence-electron chi connectivity index (χ3n) is 3.67. The molecule has 1 aliphatic rings. The average molecular weight is 271 g/mol. The number of fused-ring (bicyclic) bond motifs is 1. The maximum Gasteiger partial charge on any atom is 0.336 e. The van der Waals surface area contributed by atoms with Crippen LogP contribution in [0.3, 0.4) is 0 Å². The smallest absolute Gasteiger partial charge is 0.336 e. The van der Waals surface area contributed by atoms with Gasteiger partial charge in [-0.1, -0.05) is 55.7 Å². The molecule has 0 aliphatic heterocycles. The van der Waals surface area contributed by atoms with Crippen molar-refractivity contribution in [1.29, 1.82) is 0 Å². The molecule has 0 spiro atoms. The zero-order valence-electron chi connectivity index (χ0n) is 11.6. The summed E-state index contributed by atoms with van der Waals surface area (Å²) in [5.74, 6) is -0.878. The molecular weight excluding hydrogens is 250 g/mol. The summed E-state index contributed by atoms with van der Waals surface area (Å²) in [6.07, 6.45) is 6.66. The summed E-state index contributed by atoms with van der Waals surface area (Å²) in [5, 5.41) is 10.6. The monoisotopic (exact) mass is 271 g/mol. The van der Waals surface area contributed by atoms with E-state index < -0.39 is 5.97 Å². The highest BCUT2D eigenvalue weighted by Gasteiger charge is 2.06. The number of hydrogen-bond acceptors (Lipinski definition) is 2. The normalized spacial score (nSPS) is 15.4. The first-order valence-electron chi connectivity index (χ1n) is 7.15. The number of benzene rings is 2. The highest BCUT2D eigenvalue weighted by atomic mass is 16.4. The van der Waals surface area contributed by atoms with E-state index in [2.05, 4.69) is 0 Å². The highest BCUT2D eigenvalue weighted by Crippen LogP contribution is 2.18. The fourth-order valence-corrected chi connectivity index (χ4v) is 2.55. The van der Waals surface area contributed by atoms with Crippen LogP contribution in [-0.4, -0.2) is 17.1 Å². The maximum atomic E-state index is 10.8. The molecule has 3 N–H and O–H groups in total. The predicted molar refractivity (Wildman–Crippen MR) is 82.0 cm³/mol. The Hall–Kier alpha value is -1.87. The summed E-state index contributed by atoms with van der Waals surface area (Å²) in [4.78, 5) is 10.8. The molecule has 3 heteroatoms. The molecule has 0 unspecified atom stereocenters. The third-order valence-corrected chi connectivity index (χ3v) is 3.67. The van der Waals surface area contributed by atoms with Gasteiger partial charge in [-0.2, -0.15) is 0 Å². The van der Waals surface area contributed by atoms with E-state index in [1.54, 1.807) is 12.1 Å². The van der Waals surface area contributed by atoms with Gasteiger partial charge < -0.3 is 10.8 Å². The van der Waals surface area contributed by atoms with Gasteiger partial charge in [-0.15, -0.1) is 0 Å². The van der Waals surface area contributed by atoms with E-state index in [9.17, 15) is 4.79 Å². The van der Waals surface area contributed by atoms with Crippen molar-refractivity contribution in [2.75, 3.05) is 0 Å². The Morgan fingerprint density at radius 1 is 1.00 bits per heavy atom. The average Bonchev–Trinajstić information content (AvgIpc) is 2.48. The molecule has 3 rings (SSSR count). The summed E-state index contributed by atoms with van der Waals surface area (Å²) in [6, 6.07) is 13.3. The number of aromatic carboxylic acids is 1. The Bertz CT molecular complexity index is 569. The van der Waals surface area contributed by atoms with Crippen LogP contribution >= 0.6 is 0 Å². The molecule has 0 amide bonds. The van der Waals surface area contributed by atoms with Gasteiger partial charge in [-0.05, 0) is 29.7 Å². The molecule has 20 heavy (non-hydrogen) atoms. The Morgan fingerprint density at radius 3 is 2.25 bits per heavy atom. The number of hydrogen-bond donors (Lipinski definition) is 2. The second-order valence-electron chi connectivity index (χ2n) is 5.23. The second-order valence-corrected chi connectivity index (χ2v) is 5.23. The minimum Gasteiger partial charge on any atom is -0.478 e. The van der Waals surface area contributed by atoms with Gasteiger partial charge in [0.15, 0.2) is 0 Å². The van der Waals surface area contributed by atoms with Gasteiger partial charge in [0.05, 0.1) is 5.56 Å². The van der Waals surface area contributed by atoms with E-state index >= 15 is 0 Å². The third kappa shape index (κ3) is 3.81. The molecular formula is C17H21NO2. The van der Waals surface area contributed by atoms with Crippen molar-refractivity contribution in [3.05, 3.63) is 48.0 Å². The first kappa shape index (κ1) is 14.5. The molecule has 0 radical (unpaired) electrons. The van der Waals surface area contributed by atoms with E-state index in [1.165, 1.54) is 32.1 Å². The van der Waals surface area contributed by atoms with Crippen LogP contribution in [0.4, 0.5) is 0 Å². The van der Waals surface area contributed by atoms with E-state index in [4.69, 9.17) is 10.8 Å². The molecule has 2 aromatic rings. The molecule has 0 atom stereocenters. The standard InChI is InChI=1S/C11H8O2.C6H13N/c12-11(13)10-7-3-5-8-4-1-2-6-9(8)10;7-6-4-2-1-3-5-6/h1-7H,(H,12,13);6H,1-5,7H2. The van der Waals surface area contributed by atoms with Crippen LogP contribution in [-0.2, 0) is 0 Å². The predicted octanol–water partition coefficient (Wildman–Crippen LogP) is 3.82. The van der Waals surface area contributed by atoms with Crippen LogP contribution in [0.25, 0.3) is 10.8 Å². The largest absolute Gasteiger partial charge is 0.478 e. The maximum absolute atomic E-state index is 10.8. The molecule has 1 saturated carbocycles. The Labute approximate surface area is 119 Å². The second kappa shape index (κ2) is 7.06. The van der Waals surface area contributed by atoms with Gasteiger partial charge in [-0.25, -0.2) is 4.79 Å². The Morgan fingerprint density at radius 2 is 1.65 bits per heavy atom. The van der Waals surface area contributed by atoms with E-state index in [0.717, 1.165) is 10.8 Å². The molecule has 0 bridgehead atoms. The van der Waals surface area contributed by atoms with E-state index in [0.29, 0.717) is 11.6 Å². The summed E-state index contributed by atoms with van der Waals surface area (Å²) in [7, 11) is 0.